The van der Waals surface area contributed by atoms with Crippen molar-refractivity contribution in [2.75, 3.05) is 26.8 Å². The Morgan fingerprint density at radius 3 is 2.82 bits per heavy atom. The summed E-state index contributed by atoms with van der Waals surface area (Å²) in [5, 5.41) is 0. The van der Waals surface area contributed by atoms with E-state index in [1.807, 2.05) is 24.8 Å². The Morgan fingerprint density at radius 2 is 2.11 bits per heavy atom. The fraction of sp³-hybridized carbons (Fsp3) is 0.524. The molecule has 152 valence electrons. The lowest BCUT2D eigenvalue weighted by atomic mass is 9.92. The van der Waals surface area contributed by atoms with Crippen LogP contribution in [0.3, 0.4) is 0 Å². The minimum atomic E-state index is -0.431. The van der Waals surface area contributed by atoms with Gasteiger partial charge in [0.2, 0.25) is 0 Å². The van der Waals surface area contributed by atoms with E-state index in [2.05, 4.69) is 9.55 Å². The van der Waals surface area contributed by atoms with Gasteiger partial charge in [0, 0.05) is 62.5 Å². The first kappa shape index (κ1) is 20.2. The van der Waals surface area contributed by atoms with E-state index in [4.69, 9.17) is 10.5 Å². The highest BCUT2D eigenvalue weighted by Crippen LogP contribution is 2.29. The summed E-state index contributed by atoms with van der Waals surface area (Å²) in [4.78, 5) is 30.0. The number of carbonyl (C=O) groups is 2. The molecule has 0 radical (unpaired) electrons. The number of amides is 2. The van der Waals surface area contributed by atoms with Crippen LogP contribution in [-0.4, -0.2) is 53.1 Å². The van der Waals surface area contributed by atoms with E-state index in [-0.39, 0.29) is 11.8 Å². The van der Waals surface area contributed by atoms with Crippen molar-refractivity contribution in [1.82, 2.24) is 14.5 Å². The normalized spacial score (nSPS) is 17.1. The largest absolute Gasteiger partial charge is 0.385 e. The van der Waals surface area contributed by atoms with Gasteiger partial charge in [-0.1, -0.05) is 0 Å². The van der Waals surface area contributed by atoms with Crippen LogP contribution in [0.2, 0.25) is 0 Å². The molecule has 2 aromatic heterocycles. The number of methoxy groups -OCH3 is 1. The number of rotatable bonds is 7. The average molecular weight is 386 g/mol. The van der Waals surface area contributed by atoms with Crippen LogP contribution in [0.15, 0.2) is 18.3 Å². The van der Waals surface area contributed by atoms with Crippen molar-refractivity contribution >= 4 is 11.8 Å². The first-order valence-corrected chi connectivity index (χ1v) is 9.86. The van der Waals surface area contributed by atoms with Gasteiger partial charge in [0.05, 0.1) is 11.1 Å². The van der Waals surface area contributed by atoms with Crippen molar-refractivity contribution < 1.29 is 14.3 Å². The monoisotopic (exact) mass is 386 g/mol. The number of piperidine rings is 1. The Bertz CT molecular complexity index is 852. The van der Waals surface area contributed by atoms with Crippen molar-refractivity contribution in [3.8, 4) is 0 Å². The molecule has 0 spiro atoms. The number of carbonyl (C=O) groups excluding carboxylic acids is 2. The van der Waals surface area contributed by atoms with Gasteiger partial charge in [-0.25, -0.2) is 0 Å². The van der Waals surface area contributed by atoms with Crippen molar-refractivity contribution in [2.24, 2.45) is 5.73 Å². The summed E-state index contributed by atoms with van der Waals surface area (Å²) in [5.41, 5.74) is 9.70. The van der Waals surface area contributed by atoms with Crippen LogP contribution in [0, 0.1) is 13.8 Å². The maximum atomic E-state index is 13.2. The van der Waals surface area contributed by atoms with Crippen molar-refractivity contribution in [3.63, 3.8) is 0 Å². The molecule has 1 aliphatic heterocycles. The number of H-pyrrole nitrogens is 1. The van der Waals surface area contributed by atoms with E-state index in [1.54, 1.807) is 19.4 Å². The molecule has 2 amide bonds. The third-order valence-corrected chi connectivity index (χ3v) is 5.70. The number of nitrogens with one attached hydrogen (secondary N) is 1. The lowest BCUT2D eigenvalue weighted by Gasteiger charge is -2.33. The van der Waals surface area contributed by atoms with Gasteiger partial charge in [-0.15, -0.1) is 0 Å². The Labute approximate surface area is 165 Å². The Hall–Kier alpha value is -2.54. The molecule has 7 heteroatoms. The molecule has 0 bridgehead atoms. The zero-order valence-corrected chi connectivity index (χ0v) is 17.0. The van der Waals surface area contributed by atoms with Gasteiger partial charge < -0.3 is 24.9 Å². The molecule has 1 atom stereocenters. The van der Waals surface area contributed by atoms with Crippen molar-refractivity contribution in [2.45, 2.75) is 45.6 Å². The second kappa shape index (κ2) is 8.65. The molecule has 3 heterocycles. The second-order valence-corrected chi connectivity index (χ2v) is 7.54. The summed E-state index contributed by atoms with van der Waals surface area (Å²) in [5.74, 6) is -0.275. The number of aromatic amines is 1. The molecule has 1 aliphatic rings. The number of aromatic nitrogens is 2. The third kappa shape index (κ3) is 3.99. The smallest absolute Gasteiger partial charge is 0.255 e. The van der Waals surface area contributed by atoms with Gasteiger partial charge in [0.25, 0.3) is 11.8 Å². The zero-order valence-electron chi connectivity index (χ0n) is 17.0. The molecule has 1 fully saturated rings. The Morgan fingerprint density at radius 1 is 1.32 bits per heavy atom. The predicted molar refractivity (Wildman–Crippen MR) is 108 cm³/mol. The van der Waals surface area contributed by atoms with Crippen LogP contribution in [0.25, 0.3) is 0 Å². The molecule has 1 saturated heterocycles. The highest BCUT2D eigenvalue weighted by molar-refractivity contribution is 5.96. The number of ether oxygens (including phenoxy) is 1. The van der Waals surface area contributed by atoms with E-state index < -0.39 is 5.91 Å². The summed E-state index contributed by atoms with van der Waals surface area (Å²) in [6.45, 7) is 6.90. The number of hydrogen-bond donors (Lipinski definition) is 2. The van der Waals surface area contributed by atoms with Crippen molar-refractivity contribution in [3.05, 3.63) is 46.5 Å². The molecule has 2 aromatic rings. The molecular formula is C21H30N4O3. The minimum Gasteiger partial charge on any atom is -0.385 e. The lowest BCUT2D eigenvalue weighted by Crippen LogP contribution is -2.39. The quantitative estimate of drug-likeness (QED) is 0.716. The van der Waals surface area contributed by atoms with Crippen LogP contribution < -0.4 is 5.73 Å². The second-order valence-electron chi connectivity index (χ2n) is 7.54. The fourth-order valence-corrected chi connectivity index (χ4v) is 4.23. The highest BCUT2D eigenvalue weighted by Gasteiger charge is 2.30. The summed E-state index contributed by atoms with van der Waals surface area (Å²) in [6.07, 6.45) is 4.49. The van der Waals surface area contributed by atoms with E-state index in [0.29, 0.717) is 18.7 Å². The van der Waals surface area contributed by atoms with Crippen molar-refractivity contribution in [1.29, 1.82) is 0 Å². The van der Waals surface area contributed by atoms with Crippen LogP contribution in [-0.2, 0) is 11.3 Å². The van der Waals surface area contributed by atoms with E-state index in [9.17, 15) is 9.59 Å². The summed E-state index contributed by atoms with van der Waals surface area (Å²) in [7, 11) is 1.70. The summed E-state index contributed by atoms with van der Waals surface area (Å²) >= 11 is 0. The maximum absolute atomic E-state index is 13.2. The van der Waals surface area contributed by atoms with Crippen LogP contribution in [0.1, 0.15) is 63.0 Å². The van der Waals surface area contributed by atoms with Gasteiger partial charge in [-0.3, -0.25) is 9.59 Å². The predicted octanol–water partition coefficient (Wildman–Crippen LogP) is 2.59. The lowest BCUT2D eigenvalue weighted by molar-refractivity contribution is 0.0705. The molecule has 0 saturated carbocycles. The molecule has 28 heavy (non-hydrogen) atoms. The minimum absolute atomic E-state index is 0.0583. The van der Waals surface area contributed by atoms with Gasteiger partial charge in [0.1, 0.15) is 0 Å². The highest BCUT2D eigenvalue weighted by atomic mass is 16.5. The molecule has 0 unspecified atom stereocenters. The van der Waals surface area contributed by atoms with Gasteiger partial charge >= 0.3 is 0 Å². The molecule has 0 aromatic carbocycles. The fourth-order valence-electron chi connectivity index (χ4n) is 4.23. The number of nitrogens with two attached hydrogens (primary N) is 1. The van der Waals surface area contributed by atoms with Crippen LogP contribution >= 0.6 is 0 Å². The third-order valence-electron chi connectivity index (χ3n) is 5.70. The van der Waals surface area contributed by atoms with Crippen LogP contribution in [0.5, 0.6) is 0 Å². The van der Waals surface area contributed by atoms with Crippen LogP contribution in [0.4, 0.5) is 0 Å². The first-order chi connectivity index (χ1) is 13.4. The first-order valence-electron chi connectivity index (χ1n) is 9.86. The number of aryl methyl sites for hydroxylation is 1. The number of hydrogen-bond acceptors (Lipinski definition) is 3. The zero-order chi connectivity index (χ0) is 20.3. The van der Waals surface area contributed by atoms with Gasteiger partial charge in [0.15, 0.2) is 0 Å². The average Bonchev–Trinajstić information content (AvgIpc) is 3.28. The van der Waals surface area contributed by atoms with Gasteiger partial charge in [-0.2, -0.15) is 0 Å². The Kier molecular flexibility index (Phi) is 6.24. The number of likely N-dealkylation sites (tertiary alicyclic amines) is 1. The summed E-state index contributed by atoms with van der Waals surface area (Å²) in [6, 6.07) is 3.70. The number of nitrogens with zero attached hydrogens (tertiary/aromatic N) is 2. The summed E-state index contributed by atoms with van der Waals surface area (Å²) < 4.78 is 7.33. The van der Waals surface area contributed by atoms with E-state index in [0.717, 1.165) is 55.0 Å². The maximum Gasteiger partial charge on any atom is 0.255 e. The molecule has 7 nitrogen and oxygen atoms in total. The molecular weight excluding hydrogens is 356 g/mol. The molecule has 3 N–H and O–H groups in total. The molecule has 0 aliphatic carbocycles. The number of primary amides is 1. The molecule has 3 rings (SSSR count). The Balaban J connectivity index is 1.76. The van der Waals surface area contributed by atoms with Gasteiger partial charge in [-0.05, 0) is 45.2 Å². The standard InChI is InChI=1S/C21H30N4O3/c1-14-12-18(15(2)25(14)10-5-11-28-3)21(27)24-9-4-6-16(13-24)19-17(20(22)26)7-8-23-19/h7-8,12,16,23H,4-6,9-11,13H2,1-3H3,(H2,22,26)/t16-/m0/s1. The SMILES string of the molecule is COCCCn1c(C)cc(C(=O)N2CCC[C@H](c3[nH]ccc3C(N)=O)C2)c1C. The topological polar surface area (TPSA) is 93.3 Å². The van der Waals surface area contributed by atoms with E-state index >= 15 is 0 Å². The van der Waals surface area contributed by atoms with E-state index in [1.165, 1.54) is 0 Å².